The van der Waals surface area contributed by atoms with Crippen LogP contribution in [0.25, 0.3) is 0 Å². The molecule has 19 heavy (non-hydrogen) atoms. The lowest BCUT2D eigenvalue weighted by Gasteiger charge is -2.38. The average Bonchev–Trinajstić information content (AvgIpc) is 2.16. The molecule has 0 spiro atoms. The molecule has 0 bridgehead atoms. The fourth-order valence-electron chi connectivity index (χ4n) is 1.96. The lowest BCUT2D eigenvalue weighted by atomic mass is 9.52. The van der Waals surface area contributed by atoms with E-state index in [1.807, 2.05) is 23.5 Å². The van der Waals surface area contributed by atoms with Crippen LogP contribution in [0.5, 0.6) is 0 Å². The third-order valence-corrected chi connectivity index (χ3v) is 2.64. The van der Waals surface area contributed by atoms with Gasteiger partial charge in [0.2, 0.25) is 0 Å². The van der Waals surface area contributed by atoms with Gasteiger partial charge >= 0.3 is 6.09 Å². The Bertz CT molecular complexity index is 330. The topological polar surface area (TPSA) is 38.8 Å². The van der Waals surface area contributed by atoms with Crippen LogP contribution in [-0.2, 0) is 9.47 Å². The molecule has 0 radical (unpaired) electrons. The van der Waals surface area contributed by atoms with Crippen LogP contribution in [0, 0.1) is 0 Å². The Balaban J connectivity index is 2.52. The summed E-state index contributed by atoms with van der Waals surface area (Å²) in [5.41, 5.74) is -0.554. The maximum atomic E-state index is 14.0. The van der Waals surface area contributed by atoms with E-state index < -0.39 is 24.0 Å². The van der Waals surface area contributed by atoms with Crippen molar-refractivity contribution < 1.29 is 18.7 Å². The van der Waals surface area contributed by atoms with Gasteiger partial charge < -0.3 is 14.4 Å². The van der Waals surface area contributed by atoms with Crippen molar-refractivity contribution in [2.45, 2.75) is 50.4 Å². The highest BCUT2D eigenvalue weighted by atomic mass is 19.1. The molecule has 0 saturated carbocycles. The zero-order valence-electron chi connectivity index (χ0n) is 12.8. The van der Waals surface area contributed by atoms with Gasteiger partial charge in [0.25, 0.3) is 0 Å². The predicted octanol–water partition coefficient (Wildman–Crippen LogP) is -1.14. The van der Waals surface area contributed by atoms with Crippen LogP contribution < -0.4 is 0 Å². The molecule has 2 unspecified atom stereocenters. The van der Waals surface area contributed by atoms with Crippen molar-refractivity contribution in [3.05, 3.63) is 0 Å². The van der Waals surface area contributed by atoms with E-state index >= 15 is 0 Å². The Hall–Kier alpha value is -0.645. The molecular formula is C11H23B3FNO3. The second-order valence-corrected chi connectivity index (χ2v) is 7.00. The molecule has 8 heteroatoms. The van der Waals surface area contributed by atoms with Gasteiger partial charge in [-0.2, -0.15) is 0 Å². The molecule has 1 heterocycles. The van der Waals surface area contributed by atoms with Crippen LogP contribution in [-0.4, -0.2) is 70.8 Å². The number of amides is 1. The first-order chi connectivity index (χ1) is 8.48. The first-order valence-corrected chi connectivity index (χ1v) is 6.78. The largest absolute Gasteiger partial charge is 0.444 e. The highest BCUT2D eigenvalue weighted by molar-refractivity contribution is 6.58. The molecule has 0 aromatic heterocycles. The zero-order chi connectivity index (χ0) is 14.8. The number of nitrogens with zero attached hydrogens (tertiary/aromatic N) is 1. The molecule has 106 valence electrons. The van der Waals surface area contributed by atoms with Crippen LogP contribution in [0.3, 0.4) is 0 Å². The molecule has 1 amide bonds. The van der Waals surface area contributed by atoms with Gasteiger partial charge in [-0.25, -0.2) is 9.18 Å². The maximum absolute atomic E-state index is 14.0. The summed E-state index contributed by atoms with van der Waals surface area (Å²) >= 11 is 0. The van der Waals surface area contributed by atoms with Gasteiger partial charge in [-0.05, 0) is 32.5 Å². The lowest BCUT2D eigenvalue weighted by molar-refractivity contribution is -0.0553. The minimum absolute atomic E-state index is 0.0374. The molecule has 0 aliphatic carbocycles. The number of ether oxygens (including phenoxy) is 2. The van der Waals surface area contributed by atoms with Crippen molar-refractivity contribution in [3.8, 4) is 0 Å². The van der Waals surface area contributed by atoms with E-state index in [1.54, 1.807) is 20.8 Å². The summed E-state index contributed by atoms with van der Waals surface area (Å²) in [4.78, 5) is 13.3. The van der Waals surface area contributed by atoms with E-state index in [9.17, 15) is 9.18 Å². The summed E-state index contributed by atoms with van der Waals surface area (Å²) in [5, 5.41) is -0.372. The Morgan fingerprint density at radius 1 is 1.32 bits per heavy atom. The van der Waals surface area contributed by atoms with Crippen molar-refractivity contribution in [2.75, 3.05) is 13.1 Å². The third kappa shape index (κ3) is 5.89. The monoisotopic (exact) mass is 269 g/mol. The second kappa shape index (κ2) is 5.77. The summed E-state index contributed by atoms with van der Waals surface area (Å²) in [7, 11) is 5.71. The number of halogens is 1. The molecule has 1 aliphatic heterocycles. The number of carbonyl (C=O) groups excluding carboxylic acids is 1. The molecule has 2 atom stereocenters. The minimum atomic E-state index is -1.17. The van der Waals surface area contributed by atoms with Crippen LogP contribution in [0.4, 0.5) is 9.18 Å². The van der Waals surface area contributed by atoms with Crippen molar-refractivity contribution in [2.24, 2.45) is 0 Å². The summed E-state index contributed by atoms with van der Waals surface area (Å²) in [6.07, 6.45) is -1.57. The molecule has 0 N–H and O–H groups in total. The fourth-order valence-corrected chi connectivity index (χ4v) is 1.96. The smallest absolute Gasteiger partial charge is 0.410 e. The maximum Gasteiger partial charge on any atom is 0.410 e. The standard InChI is InChI=1S/C11H23B3FNO3/c1-10(2,3)19-9(17)16-5-4-8(7(15)6-16)18-11(12,13)14/h7-8H,4-6,12-14H2,1-3H3. The normalized spacial score (nSPS) is 25.2. The van der Waals surface area contributed by atoms with Gasteiger partial charge in [0.15, 0.2) is 0 Å². The van der Waals surface area contributed by atoms with Crippen molar-refractivity contribution in [1.82, 2.24) is 4.90 Å². The summed E-state index contributed by atoms with van der Waals surface area (Å²) in [6.45, 7) is 5.90. The van der Waals surface area contributed by atoms with Gasteiger partial charge in [0, 0.05) is 6.54 Å². The fraction of sp³-hybridized carbons (Fsp3) is 0.909. The van der Waals surface area contributed by atoms with E-state index in [4.69, 9.17) is 9.47 Å². The van der Waals surface area contributed by atoms with Crippen LogP contribution in [0.15, 0.2) is 0 Å². The number of likely N-dealkylation sites (tertiary alicyclic amines) is 1. The van der Waals surface area contributed by atoms with Crippen molar-refractivity contribution >= 4 is 29.6 Å². The molecular weight excluding hydrogens is 246 g/mol. The lowest BCUT2D eigenvalue weighted by Crippen LogP contribution is -2.52. The third-order valence-electron chi connectivity index (χ3n) is 2.64. The number of piperidine rings is 1. The van der Waals surface area contributed by atoms with E-state index in [1.165, 1.54) is 4.90 Å². The second-order valence-electron chi connectivity index (χ2n) is 7.00. The molecule has 0 aromatic rings. The SMILES string of the molecule is BC(B)(B)OC1CCN(C(=O)OC(C)(C)C)CC1F. The van der Waals surface area contributed by atoms with E-state index in [-0.39, 0.29) is 11.8 Å². The molecule has 0 aromatic carbocycles. The molecule has 1 saturated heterocycles. The Morgan fingerprint density at radius 2 is 1.89 bits per heavy atom. The van der Waals surface area contributed by atoms with E-state index in [0.717, 1.165) is 0 Å². The van der Waals surface area contributed by atoms with Crippen molar-refractivity contribution in [1.29, 1.82) is 0 Å². The highest BCUT2D eigenvalue weighted by Gasteiger charge is 2.35. The minimum Gasteiger partial charge on any atom is -0.444 e. The quantitative estimate of drug-likeness (QED) is 0.595. The zero-order valence-corrected chi connectivity index (χ0v) is 12.8. The first kappa shape index (κ1) is 16.4. The van der Waals surface area contributed by atoms with Gasteiger partial charge in [0.1, 0.15) is 35.3 Å². The molecule has 1 aliphatic rings. The molecule has 1 rings (SSSR count). The van der Waals surface area contributed by atoms with E-state index in [2.05, 4.69) is 0 Å². The summed E-state index contributed by atoms with van der Waals surface area (Å²) in [6, 6.07) is 0. The van der Waals surface area contributed by atoms with Gasteiger partial charge in [-0.3, -0.25) is 0 Å². The number of alkyl halides is 1. The van der Waals surface area contributed by atoms with Gasteiger partial charge in [0.05, 0.1) is 12.6 Å². The molecule has 1 fully saturated rings. The number of hydrogen-bond donors (Lipinski definition) is 0. The Labute approximate surface area is 117 Å². The summed E-state index contributed by atoms with van der Waals surface area (Å²) < 4.78 is 25.0. The number of carbonyl (C=O) groups is 1. The van der Waals surface area contributed by atoms with Gasteiger partial charge in [-0.1, -0.05) is 0 Å². The number of hydrogen-bond acceptors (Lipinski definition) is 3. The van der Waals surface area contributed by atoms with Crippen LogP contribution >= 0.6 is 0 Å². The Kier molecular flexibility index (Phi) is 4.99. The van der Waals surface area contributed by atoms with E-state index in [0.29, 0.717) is 13.0 Å². The van der Waals surface area contributed by atoms with Crippen LogP contribution in [0.1, 0.15) is 27.2 Å². The summed E-state index contributed by atoms with van der Waals surface area (Å²) in [5.74, 6) is 0. The molecule has 4 nitrogen and oxygen atoms in total. The van der Waals surface area contributed by atoms with Gasteiger partial charge in [-0.15, -0.1) is 0 Å². The average molecular weight is 269 g/mol. The van der Waals surface area contributed by atoms with Crippen LogP contribution in [0.2, 0.25) is 0 Å². The highest BCUT2D eigenvalue weighted by Crippen LogP contribution is 2.21. The number of rotatable bonds is 2. The van der Waals surface area contributed by atoms with Crippen molar-refractivity contribution in [3.63, 3.8) is 0 Å². The predicted molar refractivity (Wildman–Crippen MR) is 80.6 cm³/mol. The first-order valence-electron chi connectivity index (χ1n) is 6.78. The Morgan fingerprint density at radius 3 is 2.32 bits per heavy atom.